The molecule has 0 aromatic carbocycles. The Labute approximate surface area is 172 Å². The van der Waals surface area contributed by atoms with Crippen molar-refractivity contribution in [2.45, 2.75) is 32.0 Å². The minimum absolute atomic E-state index is 0.0393. The van der Waals surface area contributed by atoms with Gasteiger partial charge in [-0.3, -0.25) is 4.79 Å². The average Bonchev–Trinajstić information content (AvgIpc) is 3.44. The van der Waals surface area contributed by atoms with Crippen molar-refractivity contribution in [3.8, 4) is 0 Å². The maximum atomic E-state index is 10.9. The zero-order chi connectivity index (χ0) is 21.6. The second kappa shape index (κ2) is 8.26. The molecule has 152 valence electrons. The maximum absolute atomic E-state index is 10.9. The summed E-state index contributed by atoms with van der Waals surface area (Å²) < 4.78 is 17.6. The lowest BCUT2D eigenvalue weighted by molar-refractivity contribution is -0.146. The molecule has 0 aromatic heterocycles. The molecule has 0 amide bonds. The molecule has 0 aliphatic heterocycles. The smallest absolute Gasteiger partial charge is 0.303 e. The first-order valence-corrected chi connectivity index (χ1v) is 10.8. The van der Waals surface area contributed by atoms with E-state index in [1.165, 1.54) is 19.8 Å². The van der Waals surface area contributed by atoms with E-state index in [4.69, 9.17) is 12.6 Å². The fourth-order valence-corrected chi connectivity index (χ4v) is 6.33. The Morgan fingerprint density at radius 3 is 2.04 bits per heavy atom. The predicted octanol–water partition coefficient (Wildman–Crippen LogP) is 3.09. The molecule has 2 saturated carbocycles. The molecule has 4 bridgehead atoms. The van der Waals surface area contributed by atoms with Crippen molar-refractivity contribution in [3.63, 3.8) is 0 Å². The standard InChI is InChI=1S/C12H14O2.C10H12O.CH5OP/c1-7(13)14-11-5-4-10-8-2-3-9(6-8)12(10)11;11-9-4-3-8-6-1-2-7(5-6)10(8)9;2-1-3/h2-5,8-12H,6H2,1H3;1-4,6-11H,5H2;2H,1,3H2/t8?,9?,10-,11+,12+;6?,7?,8-,9+,10+;/m00./s1/i;;1D2. The summed E-state index contributed by atoms with van der Waals surface area (Å²) in [5, 5.41) is 17.4. The summed E-state index contributed by atoms with van der Waals surface area (Å²) in [7, 11) is 1.60. The Balaban J connectivity index is 0.000000122. The summed E-state index contributed by atoms with van der Waals surface area (Å²) in [6.07, 6.45) is 18.1. The first-order valence-electron chi connectivity index (χ1n) is 11.2. The lowest BCUT2D eigenvalue weighted by atomic mass is 9.84. The van der Waals surface area contributed by atoms with Crippen LogP contribution in [0.2, 0.25) is 0 Å². The van der Waals surface area contributed by atoms with Gasteiger partial charge in [0.2, 0.25) is 0 Å². The lowest BCUT2D eigenvalue weighted by Gasteiger charge is -2.25. The van der Waals surface area contributed by atoms with Gasteiger partial charge >= 0.3 is 5.97 Å². The third-order valence-electron chi connectivity index (χ3n) is 7.30. The third-order valence-corrected chi connectivity index (χ3v) is 7.30. The van der Waals surface area contributed by atoms with E-state index in [0.29, 0.717) is 41.4 Å². The fraction of sp³-hybridized carbons (Fsp3) is 0.609. The van der Waals surface area contributed by atoms with E-state index in [1.807, 2.05) is 6.08 Å². The molecule has 11 atom stereocenters. The molecule has 5 unspecified atom stereocenters. The number of carbonyl (C=O) groups is 1. The number of hydrogen-bond donors (Lipinski definition) is 2. The number of allylic oxidation sites excluding steroid dienone is 6. The van der Waals surface area contributed by atoms with Gasteiger partial charge in [0, 0.05) is 18.8 Å². The summed E-state index contributed by atoms with van der Waals surface area (Å²) in [6, 6.07) is 0. The van der Waals surface area contributed by atoms with Crippen molar-refractivity contribution in [2.75, 3.05) is 6.30 Å². The van der Waals surface area contributed by atoms with Gasteiger partial charge in [-0.25, -0.2) is 0 Å². The first-order chi connectivity index (χ1) is 14.1. The van der Waals surface area contributed by atoms with E-state index < -0.39 is 6.30 Å². The highest BCUT2D eigenvalue weighted by molar-refractivity contribution is 7.16. The van der Waals surface area contributed by atoms with Gasteiger partial charge in [-0.05, 0) is 54.4 Å². The van der Waals surface area contributed by atoms with E-state index in [2.05, 4.69) is 42.5 Å². The Kier molecular flexibility index (Phi) is 5.20. The van der Waals surface area contributed by atoms with Gasteiger partial charge in [-0.2, -0.15) is 0 Å². The molecule has 0 saturated heterocycles. The van der Waals surface area contributed by atoms with E-state index in [0.717, 1.165) is 5.92 Å². The second-order valence-corrected chi connectivity index (χ2v) is 8.93. The zero-order valence-electron chi connectivity index (χ0n) is 18.1. The third kappa shape index (κ3) is 3.56. The summed E-state index contributed by atoms with van der Waals surface area (Å²) >= 11 is 0. The molecule has 0 heterocycles. The van der Waals surface area contributed by atoms with Crippen molar-refractivity contribution in [2.24, 2.45) is 47.3 Å². The molecule has 0 spiro atoms. The van der Waals surface area contributed by atoms with Crippen LogP contribution < -0.4 is 0 Å². The van der Waals surface area contributed by atoms with Crippen molar-refractivity contribution in [1.29, 1.82) is 0 Å². The van der Waals surface area contributed by atoms with Crippen LogP contribution in [-0.4, -0.2) is 34.7 Å². The molecule has 5 heteroatoms. The number of hydrogen-bond acceptors (Lipinski definition) is 4. The van der Waals surface area contributed by atoms with E-state index in [-0.39, 0.29) is 18.2 Å². The highest BCUT2D eigenvalue weighted by atomic mass is 31.0. The van der Waals surface area contributed by atoms with Crippen LogP contribution in [0.3, 0.4) is 0 Å². The topological polar surface area (TPSA) is 66.8 Å². The molecular weight excluding hydrogens is 371 g/mol. The molecule has 0 radical (unpaired) electrons. The molecule has 28 heavy (non-hydrogen) atoms. The van der Waals surface area contributed by atoms with Crippen LogP contribution in [0.25, 0.3) is 0 Å². The minimum Gasteiger partial charge on any atom is -0.458 e. The molecule has 6 aliphatic carbocycles. The number of fused-ring (bicyclic) bond motifs is 10. The lowest BCUT2D eigenvalue weighted by Crippen LogP contribution is -2.27. The quantitative estimate of drug-likeness (QED) is 0.400. The number of aliphatic hydroxyl groups excluding tert-OH is 1. The summed E-state index contributed by atoms with van der Waals surface area (Å²) in [4.78, 5) is 10.9. The van der Waals surface area contributed by atoms with E-state index >= 15 is 0 Å². The maximum Gasteiger partial charge on any atom is 0.303 e. The number of carbonyl (C=O) groups excluding carboxylic acids is 1. The van der Waals surface area contributed by atoms with Crippen molar-refractivity contribution < 1.29 is 22.5 Å². The monoisotopic (exact) mass is 404 g/mol. The van der Waals surface area contributed by atoms with Gasteiger partial charge in [0.05, 0.1) is 15.1 Å². The SMILES string of the molecule is CC(=O)O[C@@H]1C=C[C@H]2C3C=CC(C3)[C@@H]12.O[C@@H]1C=C[C@H]2C3C=CC(C3)[C@@H]12.[2H]C([2H])(O)P. The summed E-state index contributed by atoms with van der Waals surface area (Å²) in [5.74, 6) is 4.99. The van der Waals surface area contributed by atoms with E-state index in [9.17, 15) is 9.90 Å². The molecule has 6 rings (SSSR count). The van der Waals surface area contributed by atoms with Crippen molar-refractivity contribution in [1.82, 2.24) is 0 Å². The van der Waals surface area contributed by atoms with Crippen LogP contribution in [0.4, 0.5) is 0 Å². The fourth-order valence-electron chi connectivity index (χ4n) is 6.33. The number of aliphatic hydroxyl groups is 2. The largest absolute Gasteiger partial charge is 0.458 e. The number of esters is 1. The van der Waals surface area contributed by atoms with Crippen LogP contribution in [0, 0.1) is 47.3 Å². The Bertz CT molecular complexity index is 781. The number of rotatable bonds is 1. The van der Waals surface area contributed by atoms with Crippen LogP contribution in [0.15, 0.2) is 48.6 Å². The average molecular weight is 404 g/mol. The van der Waals surface area contributed by atoms with Gasteiger partial charge in [0.25, 0.3) is 0 Å². The van der Waals surface area contributed by atoms with Gasteiger partial charge in [0.15, 0.2) is 0 Å². The van der Waals surface area contributed by atoms with Crippen molar-refractivity contribution in [3.05, 3.63) is 48.6 Å². The van der Waals surface area contributed by atoms with E-state index in [1.54, 1.807) is 9.24 Å². The van der Waals surface area contributed by atoms with Crippen LogP contribution in [0.1, 0.15) is 22.5 Å². The molecular formula is C23H31O4P. The molecule has 0 aromatic rings. The Hall–Kier alpha value is -1.22. The van der Waals surface area contributed by atoms with Crippen LogP contribution in [-0.2, 0) is 9.53 Å². The van der Waals surface area contributed by atoms with Crippen molar-refractivity contribution >= 4 is 15.2 Å². The predicted molar refractivity (Wildman–Crippen MR) is 112 cm³/mol. The zero-order valence-corrected chi connectivity index (χ0v) is 17.2. The van der Waals surface area contributed by atoms with Gasteiger partial charge in [-0.15, -0.1) is 9.24 Å². The molecule has 4 nitrogen and oxygen atoms in total. The Morgan fingerprint density at radius 1 is 0.964 bits per heavy atom. The highest BCUT2D eigenvalue weighted by Crippen LogP contribution is 2.54. The van der Waals surface area contributed by atoms with Gasteiger partial charge in [-0.1, -0.05) is 42.5 Å². The van der Waals surface area contributed by atoms with Gasteiger partial charge in [0.1, 0.15) is 6.10 Å². The summed E-state index contributed by atoms with van der Waals surface area (Å²) in [5.41, 5.74) is 0. The Morgan fingerprint density at radius 2 is 1.46 bits per heavy atom. The van der Waals surface area contributed by atoms with Crippen LogP contribution in [0.5, 0.6) is 0 Å². The molecule has 2 N–H and O–H groups in total. The molecule has 2 fully saturated rings. The second-order valence-electron chi connectivity index (χ2n) is 8.67. The van der Waals surface area contributed by atoms with Crippen LogP contribution >= 0.6 is 9.24 Å². The normalized spacial score (nSPS) is 48.3. The highest BCUT2D eigenvalue weighted by Gasteiger charge is 2.50. The minimum atomic E-state index is -2.08. The van der Waals surface area contributed by atoms with Gasteiger partial charge < -0.3 is 14.9 Å². The number of ether oxygens (including phenoxy) is 1. The first kappa shape index (κ1) is 17.6. The molecule has 6 aliphatic rings. The summed E-state index contributed by atoms with van der Waals surface area (Å²) in [6.45, 7) is 1.49.